The third kappa shape index (κ3) is 3.39. The van der Waals surface area contributed by atoms with Crippen LogP contribution in [-0.4, -0.2) is 19.5 Å². The molecule has 0 aliphatic rings. The highest BCUT2D eigenvalue weighted by Crippen LogP contribution is 2.36. The van der Waals surface area contributed by atoms with Crippen molar-refractivity contribution in [3.63, 3.8) is 0 Å². The van der Waals surface area contributed by atoms with E-state index in [0.29, 0.717) is 21.4 Å². The lowest BCUT2D eigenvalue weighted by Gasteiger charge is -2.08. The van der Waals surface area contributed by atoms with Crippen molar-refractivity contribution in [3.05, 3.63) is 34.6 Å². The van der Waals surface area contributed by atoms with Gasteiger partial charge in [0.2, 0.25) is 0 Å². The van der Waals surface area contributed by atoms with Crippen molar-refractivity contribution in [2.75, 3.05) is 5.73 Å². The van der Waals surface area contributed by atoms with Crippen LogP contribution in [0.3, 0.4) is 0 Å². The van der Waals surface area contributed by atoms with Gasteiger partial charge in [0.15, 0.2) is 22.1 Å². The first-order valence-electron chi connectivity index (χ1n) is 7.19. The van der Waals surface area contributed by atoms with Gasteiger partial charge in [-0.1, -0.05) is 36.5 Å². The Balaban J connectivity index is 2.08. The molecule has 0 spiro atoms. The van der Waals surface area contributed by atoms with Gasteiger partial charge in [-0.05, 0) is 36.4 Å². The summed E-state index contributed by atoms with van der Waals surface area (Å²) in [4.78, 5) is 13.8. The maximum atomic E-state index is 6.26. The molecule has 0 saturated heterocycles. The Morgan fingerprint density at radius 3 is 2.87 bits per heavy atom. The molecule has 0 amide bonds. The van der Waals surface area contributed by atoms with Crippen molar-refractivity contribution < 1.29 is 0 Å². The van der Waals surface area contributed by atoms with Crippen LogP contribution in [0.5, 0.6) is 0 Å². The molecule has 3 rings (SSSR count). The lowest BCUT2D eigenvalue weighted by atomic mass is 10.3. The predicted octanol–water partition coefficient (Wildman–Crippen LogP) is 4.67. The standard InChI is InChI=1S/C15H15Cl2N5S/c1-2-3-6-22-14-12(13(18)19-8-20-14)21-15(22)23-11-7-9(16)4-5-10(11)17/h4-5,7-8H,2-3,6H2,1H3,(H2,18,19,20). The highest BCUT2D eigenvalue weighted by Gasteiger charge is 2.16. The monoisotopic (exact) mass is 367 g/mol. The summed E-state index contributed by atoms with van der Waals surface area (Å²) in [7, 11) is 0. The second-order valence-electron chi connectivity index (χ2n) is 5.01. The molecular formula is C15H15Cl2N5S. The zero-order chi connectivity index (χ0) is 16.4. The van der Waals surface area contributed by atoms with Gasteiger partial charge in [-0.3, -0.25) is 0 Å². The van der Waals surface area contributed by atoms with E-state index in [1.165, 1.54) is 18.1 Å². The fraction of sp³-hybridized carbons (Fsp3) is 0.267. The average molecular weight is 368 g/mol. The molecule has 2 heterocycles. The van der Waals surface area contributed by atoms with Crippen LogP contribution in [-0.2, 0) is 6.54 Å². The predicted molar refractivity (Wildman–Crippen MR) is 95.2 cm³/mol. The summed E-state index contributed by atoms with van der Waals surface area (Å²) < 4.78 is 2.05. The minimum atomic E-state index is 0.379. The zero-order valence-corrected chi connectivity index (χ0v) is 14.8. The van der Waals surface area contributed by atoms with Crippen molar-refractivity contribution in [2.24, 2.45) is 0 Å². The number of hydrogen-bond donors (Lipinski definition) is 1. The van der Waals surface area contributed by atoms with Crippen molar-refractivity contribution >= 4 is 51.9 Å². The summed E-state index contributed by atoms with van der Waals surface area (Å²) in [5.41, 5.74) is 7.29. The van der Waals surface area contributed by atoms with Crippen LogP contribution in [0.1, 0.15) is 19.8 Å². The van der Waals surface area contributed by atoms with Crippen LogP contribution in [0.2, 0.25) is 10.0 Å². The molecular weight excluding hydrogens is 353 g/mol. The molecule has 2 aromatic heterocycles. The zero-order valence-electron chi connectivity index (χ0n) is 12.5. The number of fused-ring (bicyclic) bond motifs is 1. The number of nitrogens with zero attached hydrogens (tertiary/aromatic N) is 4. The topological polar surface area (TPSA) is 69.6 Å². The maximum Gasteiger partial charge on any atom is 0.175 e. The van der Waals surface area contributed by atoms with E-state index in [0.717, 1.165) is 35.1 Å². The molecule has 0 aliphatic heterocycles. The summed E-state index contributed by atoms with van der Waals surface area (Å²) in [6.45, 7) is 2.95. The Morgan fingerprint density at radius 1 is 1.26 bits per heavy atom. The third-order valence-electron chi connectivity index (χ3n) is 3.36. The van der Waals surface area contributed by atoms with E-state index in [9.17, 15) is 0 Å². The molecule has 0 aliphatic carbocycles. The van der Waals surface area contributed by atoms with Gasteiger partial charge in [0.1, 0.15) is 6.33 Å². The molecule has 0 unspecified atom stereocenters. The first kappa shape index (κ1) is 16.4. The second kappa shape index (κ2) is 6.95. The summed E-state index contributed by atoms with van der Waals surface area (Å²) in [5.74, 6) is 0.379. The normalized spacial score (nSPS) is 11.3. The van der Waals surface area contributed by atoms with Crippen molar-refractivity contribution in [1.29, 1.82) is 0 Å². The Hall–Kier alpha value is -1.50. The number of anilines is 1. The highest BCUT2D eigenvalue weighted by molar-refractivity contribution is 7.99. The van der Waals surface area contributed by atoms with Gasteiger partial charge in [-0.2, -0.15) is 0 Å². The third-order valence-corrected chi connectivity index (χ3v) is 5.08. The molecule has 5 nitrogen and oxygen atoms in total. The Labute approximate surface area is 148 Å². The Kier molecular flexibility index (Phi) is 4.94. The van der Waals surface area contributed by atoms with Gasteiger partial charge in [0.25, 0.3) is 0 Å². The number of nitrogen functional groups attached to an aromatic ring is 1. The fourth-order valence-electron chi connectivity index (χ4n) is 2.18. The maximum absolute atomic E-state index is 6.26. The van der Waals surface area contributed by atoms with Gasteiger partial charge in [-0.25, -0.2) is 15.0 Å². The van der Waals surface area contributed by atoms with Gasteiger partial charge in [0.05, 0.1) is 5.02 Å². The average Bonchev–Trinajstić information content (AvgIpc) is 2.88. The number of unbranched alkanes of at least 4 members (excludes halogenated alkanes) is 1. The molecule has 0 atom stereocenters. The first-order valence-corrected chi connectivity index (χ1v) is 8.77. The summed E-state index contributed by atoms with van der Waals surface area (Å²) in [6, 6.07) is 5.37. The highest BCUT2D eigenvalue weighted by atomic mass is 35.5. The van der Waals surface area contributed by atoms with Crippen LogP contribution in [0, 0.1) is 0 Å². The minimum Gasteiger partial charge on any atom is -0.382 e. The van der Waals surface area contributed by atoms with Crippen LogP contribution in [0.15, 0.2) is 34.6 Å². The largest absolute Gasteiger partial charge is 0.382 e. The molecule has 8 heteroatoms. The van der Waals surface area contributed by atoms with Crippen LogP contribution in [0.4, 0.5) is 5.82 Å². The fourth-order valence-corrected chi connectivity index (χ4v) is 3.63. The van der Waals surface area contributed by atoms with Crippen LogP contribution in [0.25, 0.3) is 11.2 Å². The van der Waals surface area contributed by atoms with Crippen molar-refractivity contribution in [2.45, 2.75) is 36.4 Å². The summed E-state index contributed by atoms with van der Waals surface area (Å²) >= 11 is 13.8. The van der Waals surface area contributed by atoms with Crippen molar-refractivity contribution in [3.8, 4) is 0 Å². The number of rotatable bonds is 5. The van der Waals surface area contributed by atoms with Gasteiger partial charge in [-0.15, -0.1) is 0 Å². The van der Waals surface area contributed by atoms with Gasteiger partial charge < -0.3 is 10.3 Å². The van der Waals surface area contributed by atoms with Crippen LogP contribution >= 0.6 is 35.0 Å². The molecule has 0 bridgehead atoms. The number of nitrogens with two attached hydrogens (primary N) is 1. The van der Waals surface area contributed by atoms with E-state index >= 15 is 0 Å². The molecule has 0 saturated carbocycles. The smallest absolute Gasteiger partial charge is 0.175 e. The van der Waals surface area contributed by atoms with E-state index in [-0.39, 0.29) is 0 Å². The van der Waals surface area contributed by atoms with E-state index in [2.05, 4.69) is 26.4 Å². The summed E-state index contributed by atoms with van der Waals surface area (Å²) in [6.07, 6.45) is 3.55. The lowest BCUT2D eigenvalue weighted by molar-refractivity contribution is 0.598. The first-order chi connectivity index (χ1) is 11.1. The quantitative estimate of drug-likeness (QED) is 0.709. The second-order valence-corrected chi connectivity index (χ2v) is 6.86. The molecule has 1 aromatic carbocycles. The van der Waals surface area contributed by atoms with Crippen LogP contribution < -0.4 is 5.73 Å². The summed E-state index contributed by atoms with van der Waals surface area (Å²) in [5, 5.41) is 2.05. The van der Waals surface area contributed by atoms with E-state index in [1.54, 1.807) is 12.1 Å². The molecule has 3 aromatic rings. The van der Waals surface area contributed by atoms with E-state index in [4.69, 9.17) is 28.9 Å². The lowest BCUT2D eigenvalue weighted by Crippen LogP contribution is -2.01. The number of hydrogen-bond acceptors (Lipinski definition) is 5. The molecule has 0 radical (unpaired) electrons. The molecule has 0 fully saturated rings. The number of aryl methyl sites for hydroxylation is 1. The Bertz CT molecular complexity index is 849. The minimum absolute atomic E-state index is 0.379. The molecule has 120 valence electrons. The number of halogens is 2. The van der Waals surface area contributed by atoms with Gasteiger partial charge in [0, 0.05) is 16.5 Å². The molecule has 23 heavy (non-hydrogen) atoms. The van der Waals surface area contributed by atoms with Crippen molar-refractivity contribution in [1.82, 2.24) is 19.5 Å². The Morgan fingerprint density at radius 2 is 2.09 bits per heavy atom. The number of aromatic nitrogens is 4. The number of imidazole rings is 1. The van der Waals surface area contributed by atoms with E-state index < -0.39 is 0 Å². The van der Waals surface area contributed by atoms with E-state index in [1.807, 2.05) is 6.07 Å². The number of benzene rings is 1. The molecule has 2 N–H and O–H groups in total. The van der Waals surface area contributed by atoms with Gasteiger partial charge >= 0.3 is 0 Å². The SMILES string of the molecule is CCCCn1c(Sc2cc(Cl)ccc2Cl)nc2c(N)ncnc21.